The Balaban J connectivity index is 2.39. The summed E-state index contributed by atoms with van der Waals surface area (Å²) in [6.45, 7) is 6.81. The Morgan fingerprint density at radius 3 is 2.38 bits per heavy atom. The highest BCUT2D eigenvalue weighted by Crippen LogP contribution is 2.22. The molecule has 1 rings (SSSR count). The summed E-state index contributed by atoms with van der Waals surface area (Å²) in [6.07, 6.45) is 2.87. The molecule has 0 spiro atoms. The average Bonchev–Trinajstić information content (AvgIpc) is 2.09. The van der Waals surface area contributed by atoms with Crippen molar-refractivity contribution >= 4 is 0 Å². The Kier molecular flexibility index (Phi) is 3.71. The van der Waals surface area contributed by atoms with E-state index in [1.807, 2.05) is 6.92 Å². The zero-order valence-corrected chi connectivity index (χ0v) is 8.79. The fraction of sp³-hybridized carbons (Fsp3) is 1.00. The fourth-order valence-electron chi connectivity index (χ4n) is 1.94. The number of hydrogen-bond donors (Lipinski definition) is 2. The van der Waals surface area contributed by atoms with E-state index in [4.69, 9.17) is 5.73 Å². The Bertz CT molecular complexity index is 145. The molecule has 0 bridgehead atoms. The van der Waals surface area contributed by atoms with Crippen LogP contribution in [0.4, 0.5) is 0 Å². The van der Waals surface area contributed by atoms with Crippen molar-refractivity contribution in [1.29, 1.82) is 0 Å². The van der Waals surface area contributed by atoms with E-state index in [-0.39, 0.29) is 0 Å². The number of hydrogen-bond acceptors (Lipinski definition) is 3. The third-order valence-electron chi connectivity index (χ3n) is 3.13. The van der Waals surface area contributed by atoms with Crippen LogP contribution in [-0.2, 0) is 0 Å². The molecule has 0 amide bonds. The molecule has 1 unspecified atom stereocenters. The van der Waals surface area contributed by atoms with Crippen LogP contribution in [0.5, 0.6) is 0 Å². The summed E-state index contributed by atoms with van der Waals surface area (Å²) < 4.78 is 0. The highest BCUT2D eigenvalue weighted by atomic mass is 16.3. The molecule has 13 heavy (non-hydrogen) atoms. The van der Waals surface area contributed by atoms with Gasteiger partial charge in [-0.2, -0.15) is 0 Å². The fourth-order valence-corrected chi connectivity index (χ4v) is 1.94. The molecule has 0 aromatic heterocycles. The lowest BCUT2D eigenvalue weighted by molar-refractivity contribution is -0.0159. The van der Waals surface area contributed by atoms with E-state index in [0.717, 1.165) is 38.9 Å². The van der Waals surface area contributed by atoms with Crippen LogP contribution in [0, 0.1) is 0 Å². The molecule has 1 aliphatic heterocycles. The minimum Gasteiger partial charge on any atom is -0.390 e. The summed E-state index contributed by atoms with van der Waals surface area (Å²) in [6, 6.07) is 0.510. The van der Waals surface area contributed by atoms with Crippen LogP contribution in [-0.4, -0.2) is 41.3 Å². The molecule has 1 atom stereocenters. The number of rotatable bonds is 3. The molecule has 1 heterocycles. The van der Waals surface area contributed by atoms with Crippen LogP contribution < -0.4 is 5.73 Å². The third-order valence-corrected chi connectivity index (χ3v) is 3.13. The van der Waals surface area contributed by atoms with Gasteiger partial charge in [-0.1, -0.05) is 6.92 Å². The second kappa shape index (κ2) is 4.40. The Labute approximate surface area is 80.9 Å². The quantitative estimate of drug-likeness (QED) is 0.677. The largest absolute Gasteiger partial charge is 0.390 e. The lowest BCUT2D eigenvalue weighted by Gasteiger charge is -2.39. The van der Waals surface area contributed by atoms with Gasteiger partial charge in [0.2, 0.25) is 0 Å². The molecule has 0 radical (unpaired) electrons. The molecular weight excluding hydrogens is 164 g/mol. The standard InChI is InChI=1S/C10H22N2O/c1-3-9(8-11)12-6-4-10(2,13)5-7-12/h9,13H,3-8,11H2,1-2H3. The lowest BCUT2D eigenvalue weighted by Crippen LogP contribution is -2.49. The normalized spacial score (nSPS) is 25.8. The van der Waals surface area contributed by atoms with E-state index in [9.17, 15) is 5.11 Å². The Hall–Kier alpha value is -0.120. The lowest BCUT2D eigenvalue weighted by atomic mass is 9.92. The van der Waals surface area contributed by atoms with E-state index in [1.54, 1.807) is 0 Å². The Morgan fingerprint density at radius 1 is 1.46 bits per heavy atom. The second-order valence-corrected chi connectivity index (χ2v) is 4.33. The van der Waals surface area contributed by atoms with Gasteiger partial charge in [0.15, 0.2) is 0 Å². The van der Waals surface area contributed by atoms with Crippen molar-refractivity contribution in [2.45, 2.75) is 44.8 Å². The molecular formula is C10H22N2O. The van der Waals surface area contributed by atoms with Crippen LogP contribution in [0.2, 0.25) is 0 Å². The van der Waals surface area contributed by atoms with Gasteiger partial charge < -0.3 is 10.8 Å². The summed E-state index contributed by atoms with van der Waals surface area (Å²) in [5, 5.41) is 9.76. The van der Waals surface area contributed by atoms with Gasteiger partial charge in [0.05, 0.1) is 5.60 Å². The van der Waals surface area contributed by atoms with Crippen LogP contribution in [0.25, 0.3) is 0 Å². The molecule has 0 saturated carbocycles. The molecule has 78 valence electrons. The molecule has 0 aliphatic carbocycles. The first-order valence-electron chi connectivity index (χ1n) is 5.25. The van der Waals surface area contributed by atoms with Gasteiger partial charge in [0, 0.05) is 25.7 Å². The Morgan fingerprint density at radius 2 is 2.00 bits per heavy atom. The van der Waals surface area contributed by atoms with Crippen molar-refractivity contribution in [2.24, 2.45) is 5.73 Å². The SMILES string of the molecule is CCC(CN)N1CCC(C)(O)CC1. The van der Waals surface area contributed by atoms with Crippen LogP contribution in [0.1, 0.15) is 33.1 Å². The van der Waals surface area contributed by atoms with E-state index in [0.29, 0.717) is 6.04 Å². The molecule has 1 aliphatic rings. The molecule has 3 N–H and O–H groups in total. The highest BCUT2D eigenvalue weighted by Gasteiger charge is 2.29. The van der Waals surface area contributed by atoms with Gasteiger partial charge in [-0.25, -0.2) is 0 Å². The van der Waals surface area contributed by atoms with E-state index >= 15 is 0 Å². The minimum absolute atomic E-state index is 0.441. The highest BCUT2D eigenvalue weighted by molar-refractivity contribution is 4.84. The van der Waals surface area contributed by atoms with Crippen molar-refractivity contribution in [3.63, 3.8) is 0 Å². The molecule has 0 aromatic rings. The molecule has 1 saturated heterocycles. The van der Waals surface area contributed by atoms with Gasteiger partial charge in [0.25, 0.3) is 0 Å². The first kappa shape index (κ1) is 11.0. The number of aliphatic hydroxyl groups is 1. The van der Waals surface area contributed by atoms with Gasteiger partial charge in [0.1, 0.15) is 0 Å². The zero-order valence-electron chi connectivity index (χ0n) is 8.79. The number of piperidine rings is 1. The first-order chi connectivity index (χ1) is 6.09. The average molecular weight is 186 g/mol. The third kappa shape index (κ3) is 2.93. The molecule has 0 aromatic carbocycles. The van der Waals surface area contributed by atoms with E-state index in [1.165, 1.54) is 0 Å². The number of nitrogens with two attached hydrogens (primary N) is 1. The maximum Gasteiger partial charge on any atom is 0.0644 e. The van der Waals surface area contributed by atoms with Crippen LogP contribution in [0.15, 0.2) is 0 Å². The summed E-state index contributed by atoms with van der Waals surface area (Å²) >= 11 is 0. The maximum absolute atomic E-state index is 9.76. The number of nitrogens with zero attached hydrogens (tertiary/aromatic N) is 1. The topological polar surface area (TPSA) is 49.5 Å². The summed E-state index contributed by atoms with van der Waals surface area (Å²) in [4.78, 5) is 2.40. The maximum atomic E-state index is 9.76. The summed E-state index contributed by atoms with van der Waals surface area (Å²) in [5.41, 5.74) is 5.24. The van der Waals surface area contributed by atoms with Crippen LogP contribution in [0.3, 0.4) is 0 Å². The summed E-state index contributed by atoms with van der Waals surface area (Å²) in [5.74, 6) is 0. The molecule has 3 heteroatoms. The van der Waals surface area contributed by atoms with Gasteiger partial charge >= 0.3 is 0 Å². The van der Waals surface area contributed by atoms with Crippen molar-refractivity contribution in [3.05, 3.63) is 0 Å². The van der Waals surface area contributed by atoms with Crippen molar-refractivity contribution < 1.29 is 5.11 Å². The minimum atomic E-state index is -0.441. The smallest absolute Gasteiger partial charge is 0.0644 e. The second-order valence-electron chi connectivity index (χ2n) is 4.33. The van der Waals surface area contributed by atoms with Crippen molar-refractivity contribution in [3.8, 4) is 0 Å². The van der Waals surface area contributed by atoms with Crippen LogP contribution >= 0.6 is 0 Å². The molecule has 3 nitrogen and oxygen atoms in total. The zero-order chi connectivity index (χ0) is 9.90. The molecule has 1 fully saturated rings. The monoisotopic (exact) mass is 186 g/mol. The predicted octanol–water partition coefficient (Wildman–Crippen LogP) is 0.570. The van der Waals surface area contributed by atoms with Gasteiger partial charge in [-0.05, 0) is 26.2 Å². The van der Waals surface area contributed by atoms with E-state index in [2.05, 4.69) is 11.8 Å². The first-order valence-corrected chi connectivity index (χ1v) is 5.25. The van der Waals surface area contributed by atoms with Crippen molar-refractivity contribution in [1.82, 2.24) is 4.90 Å². The predicted molar refractivity (Wildman–Crippen MR) is 54.6 cm³/mol. The summed E-state index contributed by atoms with van der Waals surface area (Å²) in [7, 11) is 0. The van der Waals surface area contributed by atoms with Crippen molar-refractivity contribution in [2.75, 3.05) is 19.6 Å². The van der Waals surface area contributed by atoms with E-state index < -0.39 is 5.60 Å². The number of likely N-dealkylation sites (tertiary alicyclic amines) is 1. The van der Waals surface area contributed by atoms with Gasteiger partial charge in [-0.15, -0.1) is 0 Å². The van der Waals surface area contributed by atoms with Gasteiger partial charge in [-0.3, -0.25) is 4.90 Å².